The summed E-state index contributed by atoms with van der Waals surface area (Å²) in [6.45, 7) is 1.46. The summed E-state index contributed by atoms with van der Waals surface area (Å²) >= 11 is 0. The molecule has 0 bridgehead atoms. The van der Waals surface area contributed by atoms with E-state index in [1.54, 1.807) is 10.9 Å². The van der Waals surface area contributed by atoms with Crippen LogP contribution in [0.25, 0.3) is 11.0 Å². The van der Waals surface area contributed by atoms with Crippen molar-refractivity contribution in [3.8, 4) is 6.07 Å². The molecular weight excluding hydrogens is 344 g/mol. The van der Waals surface area contributed by atoms with Gasteiger partial charge in [0.15, 0.2) is 5.82 Å². The lowest BCUT2D eigenvalue weighted by molar-refractivity contribution is 0.0904. The summed E-state index contributed by atoms with van der Waals surface area (Å²) in [5.41, 5.74) is 2.90. The quantitative estimate of drug-likeness (QED) is 0.708. The lowest BCUT2D eigenvalue weighted by Crippen LogP contribution is -2.28. The van der Waals surface area contributed by atoms with Crippen LogP contribution < -0.4 is 10.6 Å². The number of hydrogen-bond donors (Lipinski definition) is 2. The fourth-order valence-corrected chi connectivity index (χ4v) is 3.04. The molecule has 3 aromatic rings. The van der Waals surface area contributed by atoms with Crippen molar-refractivity contribution in [2.75, 3.05) is 23.8 Å². The standard InChI is InChI=1S/C18H20N8O/c1-26-11-14(10-20-26)23-18-24-15-3-2-12(4-7-19)21-16(15)17(25-18)22-13-5-8-27-9-6-13/h2-3,10-11,13H,4-6,8-9H2,1H3,(H2,22,23,24,25). The minimum atomic E-state index is 0.252. The minimum absolute atomic E-state index is 0.252. The molecule has 0 atom stereocenters. The molecule has 0 saturated carbocycles. The van der Waals surface area contributed by atoms with E-state index in [1.165, 1.54) is 0 Å². The molecule has 0 amide bonds. The molecule has 0 aromatic carbocycles. The molecule has 1 aliphatic heterocycles. The number of nitrogens with zero attached hydrogens (tertiary/aromatic N) is 6. The zero-order valence-corrected chi connectivity index (χ0v) is 15.0. The second kappa shape index (κ2) is 7.55. The minimum Gasteiger partial charge on any atom is -0.381 e. The fraction of sp³-hybridized carbons (Fsp3) is 0.389. The predicted molar refractivity (Wildman–Crippen MR) is 101 cm³/mol. The largest absolute Gasteiger partial charge is 0.381 e. The molecule has 9 heteroatoms. The Morgan fingerprint density at radius 3 is 2.85 bits per heavy atom. The first kappa shape index (κ1) is 17.2. The van der Waals surface area contributed by atoms with Crippen LogP contribution in [0.5, 0.6) is 0 Å². The van der Waals surface area contributed by atoms with Crippen LogP contribution in [-0.4, -0.2) is 44.0 Å². The van der Waals surface area contributed by atoms with Crippen molar-refractivity contribution >= 4 is 28.5 Å². The molecule has 0 unspecified atom stereocenters. The highest BCUT2D eigenvalue weighted by atomic mass is 16.5. The van der Waals surface area contributed by atoms with Gasteiger partial charge < -0.3 is 15.4 Å². The van der Waals surface area contributed by atoms with Crippen LogP contribution in [0.1, 0.15) is 18.5 Å². The third-order valence-corrected chi connectivity index (χ3v) is 4.38. The van der Waals surface area contributed by atoms with Crippen molar-refractivity contribution in [1.82, 2.24) is 24.7 Å². The summed E-state index contributed by atoms with van der Waals surface area (Å²) in [7, 11) is 1.85. The highest BCUT2D eigenvalue weighted by molar-refractivity contribution is 5.87. The number of aromatic nitrogens is 5. The molecule has 0 radical (unpaired) electrons. The SMILES string of the molecule is Cn1cc(Nc2nc(NC3CCOCC3)c3nc(CC#N)ccc3n2)cn1. The van der Waals surface area contributed by atoms with Crippen LogP contribution in [0.15, 0.2) is 24.5 Å². The predicted octanol–water partition coefficient (Wildman–Crippen LogP) is 2.16. The van der Waals surface area contributed by atoms with E-state index in [0.717, 1.165) is 31.7 Å². The van der Waals surface area contributed by atoms with E-state index in [9.17, 15) is 0 Å². The third kappa shape index (κ3) is 3.96. The van der Waals surface area contributed by atoms with Crippen LogP contribution in [0.2, 0.25) is 0 Å². The first-order valence-corrected chi connectivity index (χ1v) is 8.86. The molecule has 4 rings (SSSR count). The maximum absolute atomic E-state index is 8.96. The highest BCUT2D eigenvalue weighted by Crippen LogP contribution is 2.24. The van der Waals surface area contributed by atoms with E-state index in [0.29, 0.717) is 28.5 Å². The Balaban J connectivity index is 1.71. The van der Waals surface area contributed by atoms with Crippen LogP contribution >= 0.6 is 0 Å². The molecule has 1 saturated heterocycles. The summed E-state index contributed by atoms with van der Waals surface area (Å²) in [5, 5.41) is 19.8. The molecule has 27 heavy (non-hydrogen) atoms. The van der Waals surface area contributed by atoms with Crippen molar-refractivity contribution in [3.05, 3.63) is 30.2 Å². The number of ether oxygens (including phenoxy) is 1. The monoisotopic (exact) mass is 364 g/mol. The lowest BCUT2D eigenvalue weighted by Gasteiger charge is -2.24. The van der Waals surface area contributed by atoms with Crippen molar-refractivity contribution in [2.24, 2.45) is 7.05 Å². The van der Waals surface area contributed by atoms with Gasteiger partial charge in [-0.1, -0.05) is 0 Å². The van der Waals surface area contributed by atoms with E-state index in [2.05, 4.69) is 36.8 Å². The molecule has 2 N–H and O–H groups in total. The van der Waals surface area contributed by atoms with Gasteiger partial charge in [-0.25, -0.2) is 9.97 Å². The van der Waals surface area contributed by atoms with Gasteiger partial charge in [-0.05, 0) is 25.0 Å². The summed E-state index contributed by atoms with van der Waals surface area (Å²) in [6.07, 6.45) is 5.65. The van der Waals surface area contributed by atoms with Crippen LogP contribution in [0.3, 0.4) is 0 Å². The van der Waals surface area contributed by atoms with Crippen LogP contribution in [0, 0.1) is 11.3 Å². The summed E-state index contributed by atoms with van der Waals surface area (Å²) < 4.78 is 7.14. The second-order valence-corrected chi connectivity index (χ2v) is 6.46. The normalized spacial score (nSPS) is 14.8. The van der Waals surface area contributed by atoms with Gasteiger partial charge in [0.25, 0.3) is 0 Å². The van der Waals surface area contributed by atoms with Gasteiger partial charge in [0.05, 0.1) is 35.6 Å². The number of nitrogens with one attached hydrogen (secondary N) is 2. The Hall–Kier alpha value is -3.25. The van der Waals surface area contributed by atoms with E-state index in [4.69, 9.17) is 10.00 Å². The lowest BCUT2D eigenvalue weighted by atomic mass is 10.1. The van der Waals surface area contributed by atoms with Gasteiger partial charge >= 0.3 is 0 Å². The number of aryl methyl sites for hydroxylation is 1. The number of nitriles is 1. The average molecular weight is 364 g/mol. The smallest absolute Gasteiger partial charge is 0.229 e. The number of anilines is 3. The Kier molecular flexibility index (Phi) is 4.80. The zero-order valence-electron chi connectivity index (χ0n) is 15.0. The number of rotatable bonds is 5. The van der Waals surface area contributed by atoms with Crippen LogP contribution in [0.4, 0.5) is 17.5 Å². The Morgan fingerprint density at radius 1 is 1.26 bits per heavy atom. The number of fused-ring (bicyclic) bond motifs is 1. The van der Waals surface area contributed by atoms with E-state index in [1.807, 2.05) is 25.4 Å². The Labute approximate surface area is 156 Å². The molecular formula is C18H20N8O. The Bertz CT molecular complexity index is 987. The maximum Gasteiger partial charge on any atom is 0.229 e. The van der Waals surface area contributed by atoms with Gasteiger partial charge in [-0.2, -0.15) is 15.3 Å². The van der Waals surface area contributed by atoms with Gasteiger partial charge in [0.1, 0.15) is 5.52 Å². The van der Waals surface area contributed by atoms with E-state index >= 15 is 0 Å². The number of hydrogen-bond acceptors (Lipinski definition) is 8. The summed E-state index contributed by atoms with van der Waals surface area (Å²) in [5.74, 6) is 1.14. The highest BCUT2D eigenvalue weighted by Gasteiger charge is 2.18. The van der Waals surface area contributed by atoms with Crippen molar-refractivity contribution < 1.29 is 4.74 Å². The van der Waals surface area contributed by atoms with Gasteiger partial charge in [0, 0.05) is 32.5 Å². The van der Waals surface area contributed by atoms with E-state index < -0.39 is 0 Å². The molecule has 3 aromatic heterocycles. The van der Waals surface area contributed by atoms with E-state index in [-0.39, 0.29) is 12.5 Å². The van der Waals surface area contributed by atoms with Crippen molar-refractivity contribution in [3.63, 3.8) is 0 Å². The molecule has 9 nitrogen and oxygen atoms in total. The van der Waals surface area contributed by atoms with Crippen LogP contribution in [-0.2, 0) is 18.2 Å². The first-order valence-electron chi connectivity index (χ1n) is 8.86. The molecule has 4 heterocycles. The van der Waals surface area contributed by atoms with Gasteiger partial charge in [-0.3, -0.25) is 4.68 Å². The van der Waals surface area contributed by atoms with Gasteiger partial charge in [0.2, 0.25) is 5.95 Å². The molecule has 138 valence electrons. The topological polar surface area (TPSA) is 114 Å². The van der Waals surface area contributed by atoms with Gasteiger partial charge in [-0.15, -0.1) is 0 Å². The number of pyridine rings is 1. The molecule has 1 fully saturated rings. The summed E-state index contributed by atoms with van der Waals surface area (Å²) in [4.78, 5) is 13.8. The molecule has 1 aliphatic rings. The van der Waals surface area contributed by atoms with Crippen molar-refractivity contribution in [1.29, 1.82) is 5.26 Å². The second-order valence-electron chi connectivity index (χ2n) is 6.46. The maximum atomic E-state index is 8.96. The fourth-order valence-electron chi connectivity index (χ4n) is 3.04. The summed E-state index contributed by atoms with van der Waals surface area (Å²) in [6, 6.07) is 6.10. The Morgan fingerprint density at radius 2 is 2.11 bits per heavy atom. The molecule has 0 aliphatic carbocycles. The first-order chi connectivity index (χ1) is 13.2. The molecule has 0 spiro atoms. The zero-order chi connectivity index (χ0) is 18.6. The van der Waals surface area contributed by atoms with Crippen molar-refractivity contribution in [2.45, 2.75) is 25.3 Å². The average Bonchev–Trinajstić information content (AvgIpc) is 3.08. The third-order valence-electron chi connectivity index (χ3n) is 4.38.